The minimum atomic E-state index is 0.473. The molecule has 0 amide bonds. The van der Waals surface area contributed by atoms with Gasteiger partial charge in [-0.3, -0.25) is 0 Å². The molecule has 0 spiro atoms. The molecule has 0 aromatic heterocycles. The first-order valence-corrected chi connectivity index (χ1v) is 5.33. The topological polar surface area (TPSA) is 30.5 Å². The lowest BCUT2D eigenvalue weighted by atomic mass is 10.2. The zero-order valence-electron chi connectivity index (χ0n) is 9.55. The molecule has 0 fully saturated rings. The van der Waals surface area contributed by atoms with Crippen molar-refractivity contribution >= 4 is 11.6 Å². The van der Waals surface area contributed by atoms with Gasteiger partial charge in [-0.25, -0.2) is 0 Å². The van der Waals surface area contributed by atoms with Crippen LogP contribution < -0.4 is 10.2 Å². The van der Waals surface area contributed by atoms with Gasteiger partial charge < -0.3 is 9.57 Å². The highest BCUT2D eigenvalue weighted by atomic mass is 35.5. The summed E-state index contributed by atoms with van der Waals surface area (Å²) < 4.78 is 5.52. The third-order valence-corrected chi connectivity index (χ3v) is 2.35. The van der Waals surface area contributed by atoms with Crippen molar-refractivity contribution in [2.24, 2.45) is 0 Å². The van der Waals surface area contributed by atoms with Gasteiger partial charge in [-0.05, 0) is 24.1 Å². The summed E-state index contributed by atoms with van der Waals surface area (Å²) in [6.45, 7) is 6.69. The lowest BCUT2D eigenvalue weighted by molar-refractivity contribution is 0.0867. The fraction of sp³-hybridized carbons (Fsp3) is 0.333. The van der Waals surface area contributed by atoms with E-state index in [-0.39, 0.29) is 0 Å². The fourth-order valence-electron chi connectivity index (χ4n) is 1.16. The maximum Gasteiger partial charge on any atom is 0.138 e. The molecule has 1 N–H and O–H groups in total. The number of hydroxylamine groups is 1. The Balaban J connectivity index is 2.73. The van der Waals surface area contributed by atoms with E-state index < -0.39 is 0 Å². The van der Waals surface area contributed by atoms with Crippen LogP contribution in [0.4, 0.5) is 0 Å². The molecular weight excluding hydrogens is 226 g/mol. The number of ether oxygens (including phenoxy) is 1. The van der Waals surface area contributed by atoms with Crippen LogP contribution in [0.25, 0.3) is 0 Å². The number of hydrogen-bond acceptors (Lipinski definition) is 3. The zero-order chi connectivity index (χ0) is 12.0. The smallest absolute Gasteiger partial charge is 0.138 e. The van der Waals surface area contributed by atoms with Crippen molar-refractivity contribution in [1.82, 2.24) is 5.48 Å². The first-order valence-electron chi connectivity index (χ1n) is 4.95. The summed E-state index contributed by atoms with van der Waals surface area (Å²) in [6.07, 6.45) is 0. The van der Waals surface area contributed by atoms with Crippen LogP contribution in [0.15, 0.2) is 30.4 Å². The average Bonchev–Trinajstić information content (AvgIpc) is 2.26. The second-order valence-corrected chi connectivity index (χ2v) is 3.88. The monoisotopic (exact) mass is 241 g/mol. The molecule has 0 aliphatic carbocycles. The van der Waals surface area contributed by atoms with Crippen molar-refractivity contribution in [1.29, 1.82) is 0 Å². The van der Waals surface area contributed by atoms with E-state index in [0.717, 1.165) is 11.1 Å². The van der Waals surface area contributed by atoms with Crippen molar-refractivity contribution < 1.29 is 9.57 Å². The van der Waals surface area contributed by atoms with Crippen molar-refractivity contribution in [3.8, 4) is 5.75 Å². The van der Waals surface area contributed by atoms with Gasteiger partial charge in [-0.1, -0.05) is 30.3 Å². The normalized spacial score (nSPS) is 10.2. The first kappa shape index (κ1) is 13.0. The Kier molecular flexibility index (Phi) is 5.32. The van der Waals surface area contributed by atoms with Gasteiger partial charge in [0.15, 0.2) is 0 Å². The molecule has 0 heterocycles. The van der Waals surface area contributed by atoms with Crippen molar-refractivity contribution in [2.45, 2.75) is 13.5 Å². The SMILES string of the molecule is C=C(C)COc1cccc(CNOC)c1Cl. The molecule has 3 nitrogen and oxygen atoms in total. The average molecular weight is 242 g/mol. The van der Waals surface area contributed by atoms with Gasteiger partial charge in [0.2, 0.25) is 0 Å². The number of halogens is 1. The van der Waals surface area contributed by atoms with Gasteiger partial charge >= 0.3 is 0 Å². The molecule has 1 rings (SSSR count). The predicted molar refractivity (Wildman–Crippen MR) is 65.6 cm³/mol. The van der Waals surface area contributed by atoms with Crippen molar-refractivity contribution in [2.75, 3.05) is 13.7 Å². The van der Waals surface area contributed by atoms with Gasteiger partial charge in [0.1, 0.15) is 12.4 Å². The van der Waals surface area contributed by atoms with E-state index in [4.69, 9.17) is 21.2 Å². The van der Waals surface area contributed by atoms with Crippen LogP contribution in [-0.2, 0) is 11.4 Å². The van der Waals surface area contributed by atoms with Crippen molar-refractivity contribution in [3.05, 3.63) is 40.9 Å². The van der Waals surface area contributed by atoms with E-state index in [0.29, 0.717) is 23.9 Å². The molecule has 0 saturated heterocycles. The summed E-state index contributed by atoms with van der Waals surface area (Å²) in [5.41, 5.74) is 4.63. The Morgan fingerprint density at radius 3 is 2.88 bits per heavy atom. The number of nitrogens with one attached hydrogen (secondary N) is 1. The van der Waals surface area contributed by atoms with E-state index in [1.165, 1.54) is 0 Å². The highest BCUT2D eigenvalue weighted by molar-refractivity contribution is 6.32. The molecule has 4 heteroatoms. The Hall–Kier alpha value is -1.03. The second kappa shape index (κ2) is 6.53. The largest absolute Gasteiger partial charge is 0.488 e. The number of hydrogen-bond donors (Lipinski definition) is 1. The summed E-state index contributed by atoms with van der Waals surface area (Å²) in [5.74, 6) is 0.667. The summed E-state index contributed by atoms with van der Waals surface area (Å²) in [4.78, 5) is 4.78. The fourth-order valence-corrected chi connectivity index (χ4v) is 1.40. The molecule has 0 aliphatic heterocycles. The Bertz CT molecular complexity index is 366. The maximum atomic E-state index is 6.18. The molecule has 0 atom stereocenters. The molecule has 0 bridgehead atoms. The molecular formula is C12H16ClNO2. The standard InChI is InChI=1S/C12H16ClNO2/c1-9(2)8-16-11-6-4-5-10(12(11)13)7-14-15-3/h4-6,14H,1,7-8H2,2-3H3. The molecule has 16 heavy (non-hydrogen) atoms. The third-order valence-electron chi connectivity index (χ3n) is 1.92. The first-order chi connectivity index (χ1) is 7.65. The van der Waals surface area contributed by atoms with Gasteiger partial charge in [-0.2, -0.15) is 5.48 Å². The molecule has 1 aromatic carbocycles. The lowest BCUT2D eigenvalue weighted by Crippen LogP contribution is -2.11. The van der Waals surface area contributed by atoms with E-state index >= 15 is 0 Å². The van der Waals surface area contributed by atoms with E-state index in [1.807, 2.05) is 25.1 Å². The predicted octanol–water partition coefficient (Wildman–Crippen LogP) is 2.95. The Labute approximate surface area is 101 Å². The minimum absolute atomic E-state index is 0.473. The number of rotatable bonds is 6. The van der Waals surface area contributed by atoms with Crippen LogP contribution in [0.2, 0.25) is 5.02 Å². The highest BCUT2D eigenvalue weighted by Crippen LogP contribution is 2.28. The third kappa shape index (κ3) is 3.85. The Morgan fingerprint density at radius 2 is 2.25 bits per heavy atom. The molecule has 0 unspecified atom stereocenters. The summed E-state index contributed by atoms with van der Waals surface area (Å²) in [5, 5.41) is 0.605. The van der Waals surface area contributed by atoms with E-state index in [9.17, 15) is 0 Å². The number of benzene rings is 1. The van der Waals surface area contributed by atoms with E-state index in [2.05, 4.69) is 12.1 Å². The van der Waals surface area contributed by atoms with Crippen LogP contribution in [-0.4, -0.2) is 13.7 Å². The van der Waals surface area contributed by atoms with Gasteiger partial charge in [0.25, 0.3) is 0 Å². The maximum absolute atomic E-state index is 6.18. The summed E-state index contributed by atoms with van der Waals surface area (Å²) >= 11 is 6.18. The quantitative estimate of drug-likeness (QED) is 0.614. The Morgan fingerprint density at radius 1 is 1.50 bits per heavy atom. The van der Waals surface area contributed by atoms with Crippen LogP contribution >= 0.6 is 11.6 Å². The lowest BCUT2D eigenvalue weighted by Gasteiger charge is -2.11. The second-order valence-electron chi connectivity index (χ2n) is 3.50. The molecule has 0 saturated carbocycles. The van der Waals surface area contributed by atoms with Crippen LogP contribution in [0.5, 0.6) is 5.75 Å². The summed E-state index contributed by atoms with van der Waals surface area (Å²) in [6, 6.07) is 5.65. The van der Waals surface area contributed by atoms with E-state index in [1.54, 1.807) is 7.11 Å². The van der Waals surface area contributed by atoms with Gasteiger partial charge in [0, 0.05) is 6.54 Å². The minimum Gasteiger partial charge on any atom is -0.488 e. The highest BCUT2D eigenvalue weighted by Gasteiger charge is 2.06. The van der Waals surface area contributed by atoms with Gasteiger partial charge in [-0.15, -0.1) is 0 Å². The molecule has 0 radical (unpaired) electrons. The summed E-state index contributed by atoms with van der Waals surface area (Å²) in [7, 11) is 1.56. The van der Waals surface area contributed by atoms with Crippen LogP contribution in [0.1, 0.15) is 12.5 Å². The molecule has 1 aromatic rings. The van der Waals surface area contributed by atoms with Crippen molar-refractivity contribution in [3.63, 3.8) is 0 Å². The zero-order valence-corrected chi connectivity index (χ0v) is 10.3. The van der Waals surface area contributed by atoms with Gasteiger partial charge in [0.05, 0.1) is 12.1 Å². The van der Waals surface area contributed by atoms with Crippen LogP contribution in [0.3, 0.4) is 0 Å². The molecule has 0 aliphatic rings. The van der Waals surface area contributed by atoms with Crippen LogP contribution in [0, 0.1) is 0 Å². The molecule has 88 valence electrons.